The minimum atomic E-state index is -0.663. The van der Waals surface area contributed by atoms with Gasteiger partial charge in [-0.1, -0.05) is 57.2 Å². The van der Waals surface area contributed by atoms with Gasteiger partial charge in [-0.3, -0.25) is 4.79 Å². The third-order valence-electron chi connectivity index (χ3n) is 6.34. The van der Waals surface area contributed by atoms with Gasteiger partial charge in [0.2, 0.25) is 0 Å². The van der Waals surface area contributed by atoms with Crippen molar-refractivity contribution in [1.82, 2.24) is 9.80 Å². The monoisotopic (exact) mass is 436 g/mol. The van der Waals surface area contributed by atoms with Gasteiger partial charge in [-0.25, -0.2) is 4.79 Å². The van der Waals surface area contributed by atoms with Crippen molar-refractivity contribution in [3.8, 4) is 0 Å². The van der Waals surface area contributed by atoms with Crippen molar-refractivity contribution in [3.63, 3.8) is 0 Å². The van der Waals surface area contributed by atoms with Crippen LogP contribution in [0.1, 0.15) is 55.1 Å². The maximum atomic E-state index is 13.3. The highest BCUT2D eigenvalue weighted by Gasteiger charge is 2.28. The highest BCUT2D eigenvalue weighted by molar-refractivity contribution is 6.03. The Kier molecular flexibility index (Phi) is 7.56. The van der Waals surface area contributed by atoms with Crippen LogP contribution in [0.25, 0.3) is 0 Å². The average Bonchev–Trinajstić information content (AvgIpc) is 2.77. The first-order valence-corrected chi connectivity index (χ1v) is 11.4. The Bertz CT molecular complexity index is 929. The number of nitrogens with one attached hydrogen (secondary N) is 1. The maximum Gasteiger partial charge on any atom is 0.316 e. The van der Waals surface area contributed by atoms with Crippen molar-refractivity contribution in [3.05, 3.63) is 65.2 Å². The molecule has 1 aliphatic rings. The molecule has 0 radical (unpaired) electrons. The second-order valence-corrected chi connectivity index (χ2v) is 9.74. The number of nitrogens with two attached hydrogens (primary N) is 1. The summed E-state index contributed by atoms with van der Waals surface area (Å²) in [7, 11) is 2.17. The van der Waals surface area contributed by atoms with Gasteiger partial charge < -0.3 is 20.9 Å². The summed E-state index contributed by atoms with van der Waals surface area (Å²) in [5, 5.41) is 2.65. The fourth-order valence-corrected chi connectivity index (χ4v) is 4.25. The van der Waals surface area contributed by atoms with Crippen LogP contribution in [0.4, 0.5) is 10.5 Å². The van der Waals surface area contributed by atoms with Crippen LogP contribution in [0, 0.1) is 0 Å². The van der Waals surface area contributed by atoms with E-state index in [0.717, 1.165) is 31.4 Å². The first kappa shape index (κ1) is 23.8. The Morgan fingerprint density at radius 1 is 1.09 bits per heavy atom. The molecule has 32 heavy (non-hydrogen) atoms. The number of primary amides is 1. The van der Waals surface area contributed by atoms with Crippen LogP contribution in [0.3, 0.4) is 0 Å². The molecule has 6 heteroatoms. The number of amides is 3. The lowest BCUT2D eigenvalue weighted by molar-refractivity contribution is 0.0648. The molecule has 3 rings (SSSR count). The third-order valence-corrected chi connectivity index (χ3v) is 6.34. The highest BCUT2D eigenvalue weighted by Crippen LogP contribution is 2.29. The van der Waals surface area contributed by atoms with E-state index in [2.05, 4.69) is 62.3 Å². The number of hydrogen-bond acceptors (Lipinski definition) is 3. The number of likely N-dealkylation sites (N-methyl/N-ethyl adjacent to an activating group) is 1. The summed E-state index contributed by atoms with van der Waals surface area (Å²) in [6, 6.07) is 16.0. The molecule has 0 spiro atoms. The number of urea groups is 1. The number of rotatable bonds is 6. The van der Waals surface area contributed by atoms with Gasteiger partial charge >= 0.3 is 6.03 Å². The van der Waals surface area contributed by atoms with Gasteiger partial charge in [0.1, 0.15) is 0 Å². The van der Waals surface area contributed by atoms with E-state index in [0.29, 0.717) is 30.4 Å². The Hall–Kier alpha value is -2.86. The molecule has 0 atom stereocenters. The quantitative estimate of drug-likeness (QED) is 0.710. The number of hydrogen-bond donors (Lipinski definition) is 2. The summed E-state index contributed by atoms with van der Waals surface area (Å²) in [6.45, 7) is 8.70. The van der Waals surface area contributed by atoms with Crippen LogP contribution in [0.2, 0.25) is 0 Å². The van der Waals surface area contributed by atoms with Crippen molar-refractivity contribution in [1.29, 1.82) is 0 Å². The van der Waals surface area contributed by atoms with Gasteiger partial charge in [0, 0.05) is 25.7 Å². The maximum absolute atomic E-state index is 13.3. The lowest BCUT2D eigenvalue weighted by Crippen LogP contribution is -2.46. The van der Waals surface area contributed by atoms with Crippen molar-refractivity contribution in [2.75, 3.05) is 32.0 Å². The van der Waals surface area contributed by atoms with Crippen molar-refractivity contribution in [2.24, 2.45) is 5.73 Å². The molecule has 2 aromatic carbocycles. The molecule has 0 bridgehead atoms. The molecule has 3 N–H and O–H groups in total. The van der Waals surface area contributed by atoms with Crippen LogP contribution in [-0.4, -0.2) is 54.5 Å². The predicted octanol–water partition coefficient (Wildman–Crippen LogP) is 4.25. The fraction of sp³-hybridized carbons (Fsp3) is 0.462. The Balaban J connectivity index is 1.62. The zero-order valence-electron chi connectivity index (χ0n) is 19.7. The number of benzene rings is 2. The highest BCUT2D eigenvalue weighted by atomic mass is 16.2. The lowest BCUT2D eigenvalue weighted by atomic mass is 9.86. The Labute approximate surface area is 191 Å². The summed E-state index contributed by atoms with van der Waals surface area (Å²) in [4.78, 5) is 29.1. The summed E-state index contributed by atoms with van der Waals surface area (Å²) < 4.78 is 0. The largest absolute Gasteiger partial charge is 0.351 e. The lowest BCUT2D eigenvalue weighted by Gasteiger charge is -2.37. The van der Waals surface area contributed by atoms with E-state index in [4.69, 9.17) is 5.73 Å². The second kappa shape index (κ2) is 10.2. The standard InChI is InChI=1S/C26H36N4O2/c1-26(2,3)20-10-11-22(23(18-20)28-25(27)32)24(31)30-16-13-21(14-17-30)29(4)15-12-19-8-6-5-7-9-19/h5-11,18,21H,12-17H2,1-4H3,(H3,27,28,32). The molecule has 1 heterocycles. The molecular formula is C26H36N4O2. The van der Waals surface area contributed by atoms with E-state index in [1.165, 1.54) is 5.56 Å². The van der Waals surface area contributed by atoms with Crippen LogP contribution in [0.15, 0.2) is 48.5 Å². The normalized spacial score (nSPS) is 15.1. The molecule has 3 amide bonds. The first-order chi connectivity index (χ1) is 15.1. The van der Waals surface area contributed by atoms with Crippen LogP contribution in [-0.2, 0) is 11.8 Å². The smallest absolute Gasteiger partial charge is 0.316 e. The van der Waals surface area contributed by atoms with Crippen molar-refractivity contribution < 1.29 is 9.59 Å². The van der Waals surface area contributed by atoms with E-state index in [1.54, 1.807) is 0 Å². The van der Waals surface area contributed by atoms with Crippen molar-refractivity contribution >= 4 is 17.6 Å². The molecule has 0 unspecified atom stereocenters. The number of carbonyl (C=O) groups excluding carboxylic acids is 2. The molecule has 0 saturated carbocycles. The summed E-state index contributed by atoms with van der Waals surface area (Å²) in [5.74, 6) is -0.0559. The Morgan fingerprint density at radius 3 is 2.34 bits per heavy atom. The number of piperidine rings is 1. The van der Waals surface area contributed by atoms with Crippen molar-refractivity contribution in [2.45, 2.75) is 51.5 Å². The zero-order valence-corrected chi connectivity index (χ0v) is 19.7. The molecule has 6 nitrogen and oxygen atoms in total. The zero-order chi connectivity index (χ0) is 23.3. The van der Waals surface area contributed by atoms with Crippen LogP contribution >= 0.6 is 0 Å². The summed E-state index contributed by atoms with van der Waals surface area (Å²) in [6.07, 6.45) is 2.91. The summed E-state index contributed by atoms with van der Waals surface area (Å²) >= 11 is 0. The average molecular weight is 437 g/mol. The molecule has 2 aromatic rings. The van der Waals surface area contributed by atoms with Gasteiger partial charge in [-0.05, 0) is 55.0 Å². The first-order valence-electron chi connectivity index (χ1n) is 11.4. The minimum absolute atomic E-state index is 0.0559. The summed E-state index contributed by atoms with van der Waals surface area (Å²) in [5.41, 5.74) is 8.64. The van der Waals surface area contributed by atoms with E-state index in [9.17, 15) is 9.59 Å². The molecule has 1 aliphatic heterocycles. The minimum Gasteiger partial charge on any atom is -0.351 e. The third kappa shape index (κ3) is 6.10. The number of anilines is 1. The number of likely N-dealkylation sites (tertiary alicyclic amines) is 1. The van der Waals surface area contributed by atoms with E-state index < -0.39 is 6.03 Å². The predicted molar refractivity (Wildman–Crippen MR) is 130 cm³/mol. The number of carbonyl (C=O) groups is 2. The molecule has 1 saturated heterocycles. The second-order valence-electron chi connectivity index (χ2n) is 9.74. The van der Waals surface area contributed by atoms with E-state index in [-0.39, 0.29) is 11.3 Å². The molecular weight excluding hydrogens is 400 g/mol. The molecule has 172 valence electrons. The van der Waals surface area contributed by atoms with Gasteiger partial charge in [0.25, 0.3) is 5.91 Å². The topological polar surface area (TPSA) is 78.7 Å². The van der Waals surface area contributed by atoms with Gasteiger partial charge in [-0.2, -0.15) is 0 Å². The van der Waals surface area contributed by atoms with Crippen LogP contribution in [0.5, 0.6) is 0 Å². The van der Waals surface area contributed by atoms with E-state index in [1.807, 2.05) is 29.2 Å². The SMILES string of the molecule is CN(CCc1ccccc1)C1CCN(C(=O)c2ccc(C(C)(C)C)cc2NC(N)=O)CC1. The fourth-order valence-electron chi connectivity index (χ4n) is 4.25. The van der Waals surface area contributed by atoms with E-state index >= 15 is 0 Å². The van der Waals surface area contributed by atoms with Crippen LogP contribution < -0.4 is 11.1 Å². The molecule has 1 fully saturated rings. The molecule has 0 aromatic heterocycles. The van der Waals surface area contributed by atoms with Gasteiger partial charge in [0.05, 0.1) is 11.3 Å². The Morgan fingerprint density at radius 2 is 1.75 bits per heavy atom. The number of nitrogens with zero attached hydrogens (tertiary/aromatic N) is 2. The molecule has 0 aliphatic carbocycles. The van der Waals surface area contributed by atoms with Gasteiger partial charge in [0.15, 0.2) is 0 Å². The van der Waals surface area contributed by atoms with Gasteiger partial charge in [-0.15, -0.1) is 0 Å².